The van der Waals surface area contributed by atoms with Crippen molar-refractivity contribution in [3.8, 4) is 134 Å². The third-order valence-corrected chi connectivity index (χ3v) is 23.6. The van der Waals surface area contributed by atoms with Gasteiger partial charge in [0.15, 0.2) is 34.9 Å². The van der Waals surface area contributed by atoms with Crippen molar-refractivity contribution in [2.75, 3.05) is 0 Å². The predicted molar refractivity (Wildman–Crippen MR) is 463 cm³/mol. The van der Waals surface area contributed by atoms with Crippen LogP contribution in [0.25, 0.3) is 220 Å². The molecule has 0 atom stereocenters. The summed E-state index contributed by atoms with van der Waals surface area (Å²) in [5.74, 6) is 3.70. The van der Waals surface area contributed by atoms with Gasteiger partial charge in [0.2, 0.25) is 0 Å². The van der Waals surface area contributed by atoms with Gasteiger partial charge in [0, 0.05) is 77.4 Å². The minimum absolute atomic E-state index is 0.595. The Kier molecular flexibility index (Phi) is 15.4. The minimum Gasteiger partial charge on any atom is -0.309 e. The maximum Gasteiger partial charge on any atom is 0.164 e. The van der Waals surface area contributed by atoms with Crippen LogP contribution in [0.15, 0.2) is 364 Å². The van der Waals surface area contributed by atoms with Crippen molar-refractivity contribution in [1.82, 2.24) is 49.0 Å². The summed E-state index contributed by atoms with van der Waals surface area (Å²) in [6.07, 6.45) is 0. The van der Waals surface area contributed by atoms with Crippen LogP contribution >= 0.6 is 22.7 Å². The van der Waals surface area contributed by atoms with Gasteiger partial charge in [0.1, 0.15) is 10.0 Å². The third kappa shape index (κ3) is 11.4. The van der Waals surface area contributed by atoms with Crippen molar-refractivity contribution < 1.29 is 0 Å². The number of thiazole rings is 2. The molecule has 0 aliphatic heterocycles. The summed E-state index contributed by atoms with van der Waals surface area (Å²) in [6.45, 7) is 0. The zero-order valence-corrected chi connectivity index (χ0v) is 61.6. The summed E-state index contributed by atoms with van der Waals surface area (Å²) >= 11 is 3.47. The molecule has 0 bridgehead atoms. The van der Waals surface area contributed by atoms with Crippen molar-refractivity contribution in [2.24, 2.45) is 0 Å². The summed E-state index contributed by atoms with van der Waals surface area (Å²) in [4.78, 5) is 41.0. The highest BCUT2D eigenvalue weighted by Gasteiger charge is 2.23. The zero-order valence-electron chi connectivity index (χ0n) is 59.9. The normalized spacial score (nSPS) is 11.8. The molecule has 0 saturated heterocycles. The Balaban J connectivity index is 0.547. The van der Waals surface area contributed by atoms with Gasteiger partial charge in [-0.2, -0.15) is 0 Å². The second kappa shape index (κ2) is 26.7. The molecule has 0 saturated carbocycles. The zero-order chi connectivity index (χ0) is 73.7. The number of para-hydroxylation sites is 3. The monoisotopic (exact) mass is 1460 g/mol. The summed E-state index contributed by atoms with van der Waals surface area (Å²) < 4.78 is 7.07. The molecule has 6 heterocycles. The lowest BCUT2D eigenvalue weighted by atomic mass is 9.99. The van der Waals surface area contributed by atoms with E-state index >= 15 is 0 Å². The highest BCUT2D eigenvalue weighted by molar-refractivity contribution is 7.22. The van der Waals surface area contributed by atoms with E-state index in [0.29, 0.717) is 34.9 Å². The fourth-order valence-electron chi connectivity index (χ4n) is 16.0. The molecule has 112 heavy (non-hydrogen) atoms. The van der Waals surface area contributed by atoms with Gasteiger partial charge in [-0.3, -0.25) is 0 Å². The van der Waals surface area contributed by atoms with E-state index < -0.39 is 0 Å². The van der Waals surface area contributed by atoms with Crippen LogP contribution < -0.4 is 0 Å². The SMILES string of the molecule is c1ccc(-c2nc(-c3ccccc3)nc(-c3ccc(-c4ccc5ccc(-n6c7ccccc7c7c(-c8nc9ccc(-c%10cccc(-c%11nc(-c%12ccccc%12)nc(-c%12ccc%13cc(-c%14ccc(-n%15c%16ccccc%16c%16c(-c%17nc%18ccccc%18s%17)cccc%16%15)cc%14)ccc%13c%12)n%11)c%10)cc9s8)cccc76)cc5c4)cc3)n2)cc1. The Morgan fingerprint density at radius 3 is 1.13 bits per heavy atom. The van der Waals surface area contributed by atoms with Gasteiger partial charge < -0.3 is 9.13 Å². The lowest BCUT2D eigenvalue weighted by Crippen LogP contribution is -2.00. The molecule has 522 valence electrons. The van der Waals surface area contributed by atoms with E-state index in [1.165, 1.54) is 26.2 Å². The molecule has 0 aliphatic rings. The number of hydrogen-bond acceptors (Lipinski definition) is 10. The van der Waals surface area contributed by atoms with Crippen LogP contribution in [0.4, 0.5) is 0 Å². The molecule has 16 aromatic carbocycles. The van der Waals surface area contributed by atoms with Crippen LogP contribution in [0.1, 0.15) is 0 Å². The first-order valence-corrected chi connectivity index (χ1v) is 39.0. The molecule has 22 rings (SSSR count). The molecular formula is C100H60N10S2. The Bertz CT molecular complexity index is 7400. The first-order valence-electron chi connectivity index (χ1n) is 37.3. The Morgan fingerprint density at radius 1 is 0.196 bits per heavy atom. The molecule has 0 amide bonds. The Labute approximate surface area is 651 Å². The highest BCUT2D eigenvalue weighted by atomic mass is 32.1. The van der Waals surface area contributed by atoms with E-state index in [9.17, 15) is 0 Å². The maximum absolute atomic E-state index is 5.38. The lowest BCUT2D eigenvalue weighted by Gasteiger charge is -2.11. The summed E-state index contributed by atoms with van der Waals surface area (Å²) in [7, 11) is 0. The third-order valence-electron chi connectivity index (χ3n) is 21.5. The van der Waals surface area contributed by atoms with Crippen LogP contribution in [0.3, 0.4) is 0 Å². The second-order valence-corrected chi connectivity index (χ2v) is 30.3. The van der Waals surface area contributed by atoms with E-state index in [2.05, 4.69) is 294 Å². The van der Waals surface area contributed by atoms with E-state index in [4.69, 9.17) is 39.9 Å². The summed E-state index contributed by atoms with van der Waals surface area (Å²) in [6, 6.07) is 129. The van der Waals surface area contributed by atoms with Crippen molar-refractivity contribution >= 4 is 108 Å². The largest absolute Gasteiger partial charge is 0.309 e. The molecule has 0 spiro atoms. The average Bonchev–Trinajstić information content (AvgIpc) is 1.58. The van der Waals surface area contributed by atoms with Gasteiger partial charge in [-0.25, -0.2) is 39.9 Å². The summed E-state index contributed by atoms with van der Waals surface area (Å²) in [5.41, 5.74) is 23.1. The minimum atomic E-state index is 0.595. The van der Waals surface area contributed by atoms with E-state index in [1.54, 1.807) is 22.7 Å². The molecule has 0 fully saturated rings. The van der Waals surface area contributed by atoms with Gasteiger partial charge in [-0.1, -0.05) is 267 Å². The number of hydrogen-bond donors (Lipinski definition) is 0. The number of fused-ring (bicyclic) bond motifs is 10. The van der Waals surface area contributed by atoms with Crippen LogP contribution in [0, 0.1) is 0 Å². The van der Waals surface area contributed by atoms with Crippen LogP contribution in [0.2, 0.25) is 0 Å². The quantitative estimate of drug-likeness (QED) is 0.112. The maximum atomic E-state index is 5.38. The van der Waals surface area contributed by atoms with Crippen LogP contribution in [-0.4, -0.2) is 49.0 Å². The van der Waals surface area contributed by atoms with Gasteiger partial charge in [-0.15, -0.1) is 22.7 Å². The smallest absolute Gasteiger partial charge is 0.164 e. The van der Waals surface area contributed by atoms with Crippen LogP contribution in [0.5, 0.6) is 0 Å². The fraction of sp³-hybridized carbons (Fsp3) is 0. The highest BCUT2D eigenvalue weighted by Crippen LogP contribution is 2.45. The van der Waals surface area contributed by atoms with Crippen LogP contribution in [-0.2, 0) is 0 Å². The number of rotatable bonds is 13. The predicted octanol–water partition coefficient (Wildman–Crippen LogP) is 26.1. The van der Waals surface area contributed by atoms with Gasteiger partial charge in [0.25, 0.3) is 0 Å². The van der Waals surface area contributed by atoms with Crippen molar-refractivity contribution in [3.05, 3.63) is 364 Å². The Hall–Kier alpha value is -14.6. The number of nitrogens with zero attached hydrogens (tertiary/aromatic N) is 10. The van der Waals surface area contributed by atoms with Crippen molar-refractivity contribution in [3.63, 3.8) is 0 Å². The van der Waals surface area contributed by atoms with Gasteiger partial charge in [0.05, 0.1) is 42.5 Å². The molecule has 12 heteroatoms. The van der Waals surface area contributed by atoms with Gasteiger partial charge >= 0.3 is 0 Å². The topological polar surface area (TPSA) is 113 Å². The molecule has 0 N–H and O–H groups in total. The second-order valence-electron chi connectivity index (χ2n) is 28.2. The molecular weight excluding hydrogens is 1410 g/mol. The lowest BCUT2D eigenvalue weighted by molar-refractivity contribution is 1.07. The molecule has 6 aromatic heterocycles. The number of aromatic nitrogens is 10. The molecule has 22 aromatic rings. The first-order chi connectivity index (χ1) is 55.4. The Morgan fingerprint density at radius 2 is 0.554 bits per heavy atom. The first kappa shape index (κ1) is 64.6. The average molecular weight is 1470 g/mol. The van der Waals surface area contributed by atoms with Crippen molar-refractivity contribution in [2.45, 2.75) is 0 Å². The fourth-order valence-corrected chi connectivity index (χ4v) is 18.0. The van der Waals surface area contributed by atoms with Gasteiger partial charge in [-0.05, 0) is 152 Å². The van der Waals surface area contributed by atoms with E-state index in [1.807, 2.05) is 78.9 Å². The van der Waals surface area contributed by atoms with E-state index in [-0.39, 0.29) is 0 Å². The molecule has 0 aliphatic carbocycles. The standard InChI is InChI=1S/C100H60N10S2/c1-4-19-64(20-5-1)93-103-94(65-21-6-2-7-22-65)105-96(104-93)67-40-37-61(38-41-67)70-42-39-63-49-53-78(59-76(63)58-70)110-86-33-14-11-28-80(86)92-82(30-18-35-88(92)110)100-102-84-54-50-73(60-90(84)112-100)68-25-16-26-74(56-68)97-106-95(66-23-8-3-9-24-66)107-98(108-97)75-46-45-71-55-69(43-44-72(71)57-75)62-47-51-77(52-48-62)109-85-32-13-10-27-79(85)91-81(29-17-34-87(91)109)99-101-83-31-12-15-36-89(83)111-99/h1-60H. The molecule has 0 radical (unpaired) electrons. The number of benzene rings is 16. The molecule has 0 unspecified atom stereocenters. The molecule has 10 nitrogen and oxygen atoms in total. The van der Waals surface area contributed by atoms with E-state index in [0.717, 1.165) is 159 Å². The van der Waals surface area contributed by atoms with Crippen molar-refractivity contribution in [1.29, 1.82) is 0 Å². The summed E-state index contributed by atoms with van der Waals surface area (Å²) in [5, 5.41) is 11.3.